The lowest BCUT2D eigenvalue weighted by molar-refractivity contribution is -0.117. The Kier molecular flexibility index (Phi) is 3.34. The summed E-state index contributed by atoms with van der Waals surface area (Å²) in [6, 6.07) is 1.91. The maximum absolute atomic E-state index is 13.9. The van der Waals surface area contributed by atoms with Crippen LogP contribution in [0.2, 0.25) is 0 Å². The number of aromatic carboxylic acids is 1. The highest BCUT2D eigenvalue weighted by atomic mass is 79.9. The lowest BCUT2D eigenvalue weighted by Crippen LogP contribution is -2.26. The Morgan fingerprint density at radius 2 is 2.11 bits per heavy atom. The van der Waals surface area contributed by atoms with Crippen molar-refractivity contribution in [2.75, 3.05) is 11.4 Å². The molecule has 0 radical (unpaired) electrons. The molecule has 1 atom stereocenters. The van der Waals surface area contributed by atoms with Crippen LogP contribution in [0.15, 0.2) is 12.1 Å². The van der Waals surface area contributed by atoms with Gasteiger partial charge in [-0.25, -0.2) is 13.6 Å². The second-order valence-corrected chi connectivity index (χ2v) is 5.16. The predicted octanol–water partition coefficient (Wildman–Crippen LogP) is 2.16. The van der Waals surface area contributed by atoms with E-state index in [1.807, 2.05) is 0 Å². The predicted molar refractivity (Wildman–Crippen MR) is 63.0 cm³/mol. The Morgan fingerprint density at radius 1 is 1.44 bits per heavy atom. The van der Waals surface area contributed by atoms with Crippen molar-refractivity contribution in [3.63, 3.8) is 0 Å². The average molecular weight is 320 g/mol. The van der Waals surface area contributed by atoms with E-state index in [9.17, 15) is 18.4 Å². The molecule has 1 aliphatic rings. The third kappa shape index (κ3) is 2.10. The molecule has 1 N–H and O–H groups in total. The van der Waals surface area contributed by atoms with Crippen molar-refractivity contribution in [1.29, 1.82) is 0 Å². The molecule has 7 heteroatoms. The number of carboxylic acids is 1. The van der Waals surface area contributed by atoms with Crippen LogP contribution in [-0.2, 0) is 4.79 Å². The minimum atomic E-state index is -1.70. The number of carbonyl (C=O) groups excluding carboxylic acids is 1. The Balaban J connectivity index is 2.50. The molecular weight excluding hydrogens is 312 g/mol. The zero-order valence-corrected chi connectivity index (χ0v) is 10.6. The minimum absolute atomic E-state index is 0.122. The zero-order chi connectivity index (χ0) is 13.4. The van der Waals surface area contributed by atoms with Crippen LogP contribution >= 0.6 is 15.9 Å². The smallest absolute Gasteiger partial charge is 0.341 e. The standard InChI is InChI=1S/C11H8BrF2NO3/c12-5-3-8(16)15(4-5)7-2-1-6(13)9(10(7)14)11(17)18/h1-2,5H,3-4H2,(H,17,18). The van der Waals surface area contributed by atoms with E-state index in [0.717, 1.165) is 17.0 Å². The minimum Gasteiger partial charge on any atom is -0.477 e. The quantitative estimate of drug-likeness (QED) is 0.850. The Hall–Kier alpha value is -1.50. The fraction of sp³-hybridized carbons (Fsp3) is 0.273. The summed E-state index contributed by atoms with van der Waals surface area (Å²) in [7, 11) is 0. The zero-order valence-electron chi connectivity index (χ0n) is 8.99. The third-order valence-electron chi connectivity index (χ3n) is 2.65. The van der Waals surface area contributed by atoms with Crippen LogP contribution in [-0.4, -0.2) is 28.4 Å². The van der Waals surface area contributed by atoms with E-state index in [4.69, 9.17) is 5.11 Å². The number of rotatable bonds is 2. The van der Waals surface area contributed by atoms with E-state index in [-0.39, 0.29) is 29.4 Å². The number of carboxylic acid groups (broad SMARTS) is 1. The summed E-state index contributed by atoms with van der Waals surface area (Å²) in [6.45, 7) is 0.223. The van der Waals surface area contributed by atoms with Crippen LogP contribution in [0.25, 0.3) is 0 Å². The van der Waals surface area contributed by atoms with Crippen LogP contribution < -0.4 is 4.90 Å². The van der Waals surface area contributed by atoms with Gasteiger partial charge in [-0.15, -0.1) is 0 Å². The number of carbonyl (C=O) groups is 2. The summed E-state index contributed by atoms with van der Waals surface area (Å²) in [6.07, 6.45) is 0.194. The van der Waals surface area contributed by atoms with Gasteiger partial charge in [0.05, 0.1) is 5.69 Å². The Labute approximate surface area is 109 Å². The van der Waals surface area contributed by atoms with Crippen molar-refractivity contribution >= 4 is 33.5 Å². The van der Waals surface area contributed by atoms with Gasteiger partial charge in [0, 0.05) is 17.8 Å². The van der Waals surface area contributed by atoms with Gasteiger partial charge in [-0.3, -0.25) is 4.79 Å². The van der Waals surface area contributed by atoms with E-state index < -0.39 is 23.2 Å². The second-order valence-electron chi connectivity index (χ2n) is 3.87. The topological polar surface area (TPSA) is 57.6 Å². The Bertz CT molecular complexity index is 535. The molecule has 0 aromatic heterocycles. The molecule has 4 nitrogen and oxygen atoms in total. The van der Waals surface area contributed by atoms with E-state index >= 15 is 0 Å². The molecule has 1 unspecified atom stereocenters. The van der Waals surface area contributed by atoms with Gasteiger partial charge >= 0.3 is 5.97 Å². The molecule has 0 aliphatic carbocycles. The lowest BCUT2D eigenvalue weighted by atomic mass is 10.1. The molecular formula is C11H8BrF2NO3. The van der Waals surface area contributed by atoms with Crippen LogP contribution in [0.5, 0.6) is 0 Å². The first kappa shape index (κ1) is 12.9. The maximum atomic E-state index is 13.9. The summed E-state index contributed by atoms with van der Waals surface area (Å²) in [4.78, 5) is 23.3. The SMILES string of the molecule is O=C(O)c1c(F)ccc(N2CC(Br)CC2=O)c1F. The highest BCUT2D eigenvalue weighted by molar-refractivity contribution is 9.09. The molecule has 1 fully saturated rings. The summed E-state index contributed by atoms with van der Waals surface area (Å²) in [5.41, 5.74) is -1.25. The van der Waals surface area contributed by atoms with Crippen molar-refractivity contribution < 1.29 is 23.5 Å². The van der Waals surface area contributed by atoms with Gasteiger partial charge in [0.2, 0.25) is 5.91 Å². The van der Waals surface area contributed by atoms with Crippen LogP contribution in [0, 0.1) is 11.6 Å². The molecule has 1 aliphatic heterocycles. The Morgan fingerprint density at radius 3 is 2.61 bits per heavy atom. The highest BCUT2D eigenvalue weighted by Crippen LogP contribution is 2.30. The molecule has 0 bridgehead atoms. The summed E-state index contributed by atoms with van der Waals surface area (Å²) in [5.74, 6) is -4.42. The molecule has 1 aromatic rings. The van der Waals surface area contributed by atoms with Crippen molar-refractivity contribution in [3.05, 3.63) is 29.3 Å². The molecule has 0 saturated carbocycles. The van der Waals surface area contributed by atoms with E-state index in [1.165, 1.54) is 0 Å². The number of benzene rings is 1. The molecule has 1 saturated heterocycles. The van der Waals surface area contributed by atoms with Gasteiger partial charge in [0.15, 0.2) is 5.82 Å². The van der Waals surface area contributed by atoms with E-state index in [1.54, 1.807) is 0 Å². The molecule has 18 heavy (non-hydrogen) atoms. The molecule has 1 aromatic carbocycles. The number of hydrogen-bond acceptors (Lipinski definition) is 2. The fourth-order valence-corrected chi connectivity index (χ4v) is 2.41. The maximum Gasteiger partial charge on any atom is 0.341 e. The van der Waals surface area contributed by atoms with Crippen LogP contribution in [0.4, 0.5) is 14.5 Å². The van der Waals surface area contributed by atoms with E-state index in [0.29, 0.717) is 0 Å². The van der Waals surface area contributed by atoms with Crippen molar-refractivity contribution in [3.8, 4) is 0 Å². The monoisotopic (exact) mass is 319 g/mol. The van der Waals surface area contributed by atoms with Crippen LogP contribution in [0.1, 0.15) is 16.8 Å². The molecule has 0 spiro atoms. The van der Waals surface area contributed by atoms with Gasteiger partial charge in [-0.2, -0.15) is 0 Å². The summed E-state index contributed by atoms with van der Waals surface area (Å²) < 4.78 is 27.1. The fourth-order valence-electron chi connectivity index (χ4n) is 1.84. The first-order chi connectivity index (χ1) is 8.41. The summed E-state index contributed by atoms with van der Waals surface area (Å²) in [5, 5.41) is 8.74. The average Bonchev–Trinajstić information content (AvgIpc) is 2.57. The highest BCUT2D eigenvalue weighted by Gasteiger charge is 2.32. The van der Waals surface area contributed by atoms with Gasteiger partial charge < -0.3 is 10.0 Å². The third-order valence-corrected chi connectivity index (χ3v) is 3.27. The van der Waals surface area contributed by atoms with Crippen molar-refractivity contribution in [2.45, 2.75) is 11.2 Å². The number of anilines is 1. The van der Waals surface area contributed by atoms with Crippen LogP contribution in [0.3, 0.4) is 0 Å². The number of halogens is 3. The molecule has 1 amide bonds. The summed E-state index contributed by atoms with van der Waals surface area (Å²) >= 11 is 3.23. The number of hydrogen-bond donors (Lipinski definition) is 1. The molecule has 2 rings (SSSR count). The largest absolute Gasteiger partial charge is 0.477 e. The molecule has 96 valence electrons. The van der Waals surface area contributed by atoms with Gasteiger partial charge in [-0.05, 0) is 12.1 Å². The lowest BCUT2D eigenvalue weighted by Gasteiger charge is -2.17. The first-order valence-electron chi connectivity index (χ1n) is 5.07. The first-order valence-corrected chi connectivity index (χ1v) is 5.99. The number of amides is 1. The van der Waals surface area contributed by atoms with Gasteiger partial charge in [0.1, 0.15) is 11.4 Å². The van der Waals surface area contributed by atoms with Gasteiger partial charge in [0.25, 0.3) is 0 Å². The van der Waals surface area contributed by atoms with Gasteiger partial charge in [-0.1, -0.05) is 15.9 Å². The normalized spacial score (nSPS) is 19.4. The second kappa shape index (κ2) is 4.64. The molecule has 1 heterocycles. The number of alkyl halides is 1. The van der Waals surface area contributed by atoms with Crippen molar-refractivity contribution in [1.82, 2.24) is 0 Å². The van der Waals surface area contributed by atoms with E-state index in [2.05, 4.69) is 15.9 Å². The number of nitrogens with zero attached hydrogens (tertiary/aromatic N) is 1. The van der Waals surface area contributed by atoms with Crippen molar-refractivity contribution in [2.24, 2.45) is 0 Å².